The molecule has 2 N–H and O–H groups in total. The predicted octanol–water partition coefficient (Wildman–Crippen LogP) is 4.67. The molecule has 37 heavy (non-hydrogen) atoms. The Morgan fingerprint density at radius 1 is 1.08 bits per heavy atom. The van der Waals surface area contributed by atoms with Crippen molar-refractivity contribution in [3.8, 4) is 0 Å². The number of fused-ring (bicyclic) bond motifs is 1. The lowest BCUT2D eigenvalue weighted by molar-refractivity contribution is -0.167. The van der Waals surface area contributed by atoms with E-state index in [2.05, 4.69) is 10.6 Å². The van der Waals surface area contributed by atoms with E-state index in [-0.39, 0.29) is 39.9 Å². The minimum atomic E-state index is -4.91. The van der Waals surface area contributed by atoms with Gasteiger partial charge in [-0.3, -0.25) is 19.0 Å². The first-order valence-corrected chi connectivity index (χ1v) is 12.7. The van der Waals surface area contributed by atoms with Crippen LogP contribution >= 0.6 is 35.0 Å². The summed E-state index contributed by atoms with van der Waals surface area (Å²) in [6.45, 7) is -0.433. The van der Waals surface area contributed by atoms with E-state index in [4.69, 9.17) is 27.6 Å². The van der Waals surface area contributed by atoms with Gasteiger partial charge in [0.1, 0.15) is 12.6 Å². The molecule has 2 aromatic carbocycles. The van der Waals surface area contributed by atoms with E-state index in [9.17, 15) is 32.3 Å². The van der Waals surface area contributed by atoms with Crippen LogP contribution in [0.4, 0.5) is 18.9 Å². The first-order valence-electron chi connectivity index (χ1n) is 10.8. The Hall–Kier alpha value is -2.96. The number of nitrogens with zero attached hydrogens (tertiary/aromatic N) is 1. The lowest BCUT2D eigenvalue weighted by atomic mass is 10.1. The van der Waals surface area contributed by atoms with Gasteiger partial charge >= 0.3 is 11.9 Å². The fourth-order valence-corrected chi connectivity index (χ4v) is 4.70. The number of hydrogen-bond acceptors (Lipinski definition) is 6. The lowest BCUT2D eigenvalue weighted by Crippen LogP contribution is -2.45. The summed E-state index contributed by atoms with van der Waals surface area (Å²) in [6.07, 6.45) is -4.66. The number of anilines is 1. The standard InChI is InChI=1S/C23H20Cl2F3N3O5S/c24-13-8-14(25)10-15(9-13)29-21(34)16(4-3-7-37-12-19(32)23(26,27)28)30-20(33)11-31-17-5-1-2-6-18(17)36-22(31)35/h1-2,5-6,8-10,16H,3-4,7,11-12H2,(H,29,34)(H,30,33)/t16-/m0/s1. The third-order valence-electron chi connectivity index (χ3n) is 4.99. The summed E-state index contributed by atoms with van der Waals surface area (Å²) in [4.78, 5) is 48.9. The fraction of sp³-hybridized carbons (Fsp3) is 0.304. The number of amides is 2. The zero-order valence-electron chi connectivity index (χ0n) is 18.9. The number of carbonyl (C=O) groups excluding carboxylic acids is 3. The third kappa shape index (κ3) is 8.27. The number of thioether (sulfide) groups is 1. The maximum atomic E-state index is 12.9. The zero-order valence-corrected chi connectivity index (χ0v) is 21.3. The van der Waals surface area contributed by atoms with Crippen LogP contribution in [-0.4, -0.2) is 45.9 Å². The molecule has 0 radical (unpaired) electrons. The highest BCUT2D eigenvalue weighted by Crippen LogP contribution is 2.23. The van der Waals surface area contributed by atoms with Gasteiger partial charge in [0.2, 0.25) is 17.6 Å². The zero-order chi connectivity index (χ0) is 27.2. The number of oxazole rings is 1. The van der Waals surface area contributed by atoms with Crippen LogP contribution in [0, 0.1) is 0 Å². The van der Waals surface area contributed by atoms with Crippen LogP contribution in [0.5, 0.6) is 0 Å². The molecule has 0 aliphatic carbocycles. The number of rotatable bonds is 11. The Bertz CT molecular complexity index is 1340. The Labute approximate surface area is 222 Å². The summed E-state index contributed by atoms with van der Waals surface area (Å²) < 4.78 is 43.3. The second kappa shape index (κ2) is 12.5. The van der Waals surface area contributed by atoms with Gasteiger partial charge in [-0.2, -0.15) is 24.9 Å². The quantitative estimate of drug-likeness (QED) is 0.320. The van der Waals surface area contributed by atoms with Gasteiger partial charge in [0.05, 0.1) is 11.3 Å². The molecule has 0 unspecified atom stereocenters. The number of aromatic nitrogens is 1. The summed E-state index contributed by atoms with van der Waals surface area (Å²) in [7, 11) is 0. The van der Waals surface area contributed by atoms with Crippen LogP contribution < -0.4 is 16.4 Å². The van der Waals surface area contributed by atoms with Crippen LogP contribution in [0.1, 0.15) is 12.8 Å². The predicted molar refractivity (Wildman–Crippen MR) is 135 cm³/mol. The van der Waals surface area contributed by atoms with E-state index in [1.165, 1.54) is 18.2 Å². The molecule has 1 heterocycles. The molecule has 14 heteroatoms. The highest BCUT2D eigenvalue weighted by Gasteiger charge is 2.37. The second-order valence-electron chi connectivity index (χ2n) is 7.81. The summed E-state index contributed by atoms with van der Waals surface area (Å²) in [5.74, 6) is -4.52. The largest absolute Gasteiger partial charge is 0.450 e. The maximum absolute atomic E-state index is 12.9. The number of para-hydroxylation sites is 2. The van der Waals surface area contributed by atoms with Crippen molar-refractivity contribution in [2.45, 2.75) is 31.6 Å². The van der Waals surface area contributed by atoms with Gasteiger partial charge < -0.3 is 15.1 Å². The fourth-order valence-electron chi connectivity index (χ4n) is 3.31. The monoisotopic (exact) mass is 577 g/mol. The normalized spacial score (nSPS) is 12.4. The van der Waals surface area contributed by atoms with Crippen LogP contribution in [-0.2, 0) is 20.9 Å². The summed E-state index contributed by atoms with van der Waals surface area (Å²) in [5, 5.41) is 5.66. The number of hydrogen-bond donors (Lipinski definition) is 2. The molecular weight excluding hydrogens is 558 g/mol. The summed E-state index contributed by atoms with van der Waals surface area (Å²) >= 11 is 12.7. The van der Waals surface area contributed by atoms with Gasteiger partial charge in [-0.1, -0.05) is 35.3 Å². The van der Waals surface area contributed by atoms with Gasteiger partial charge in [0, 0.05) is 15.7 Å². The number of carbonyl (C=O) groups is 3. The average Bonchev–Trinajstić information content (AvgIpc) is 3.11. The smallest absolute Gasteiger partial charge is 0.408 e. The molecular formula is C23H20Cl2F3N3O5S. The first kappa shape index (κ1) is 28.6. The SMILES string of the molecule is O=C(Cn1c(=O)oc2ccccc21)N[C@@H](CCCSCC(=O)C(F)(F)F)C(=O)Nc1cc(Cl)cc(Cl)c1. The Kier molecular flexibility index (Phi) is 9.68. The van der Waals surface area contributed by atoms with Gasteiger partial charge in [-0.15, -0.1) is 0 Å². The van der Waals surface area contributed by atoms with Crippen molar-refractivity contribution in [1.82, 2.24) is 9.88 Å². The lowest BCUT2D eigenvalue weighted by Gasteiger charge is -2.19. The van der Waals surface area contributed by atoms with E-state index in [1.54, 1.807) is 24.3 Å². The van der Waals surface area contributed by atoms with Crippen molar-refractivity contribution >= 4 is 69.3 Å². The van der Waals surface area contributed by atoms with Crippen molar-refractivity contribution in [3.63, 3.8) is 0 Å². The number of Topliss-reactive ketones (excluding diaryl/α,β-unsaturated/α-hetero) is 1. The molecule has 0 fully saturated rings. The van der Waals surface area contributed by atoms with E-state index < -0.39 is 47.9 Å². The maximum Gasteiger partial charge on any atom is 0.450 e. The molecule has 0 aliphatic heterocycles. The molecule has 198 valence electrons. The van der Waals surface area contributed by atoms with E-state index in [0.29, 0.717) is 5.52 Å². The molecule has 3 aromatic rings. The average molecular weight is 578 g/mol. The highest BCUT2D eigenvalue weighted by molar-refractivity contribution is 7.99. The van der Waals surface area contributed by atoms with Gasteiger partial charge in [-0.05, 0) is 48.9 Å². The molecule has 0 aliphatic rings. The molecule has 2 amide bonds. The Balaban J connectivity index is 1.67. The third-order valence-corrected chi connectivity index (χ3v) is 6.47. The topological polar surface area (TPSA) is 110 Å². The molecule has 1 aromatic heterocycles. The van der Waals surface area contributed by atoms with E-state index in [1.807, 2.05) is 0 Å². The number of ketones is 1. The van der Waals surface area contributed by atoms with Crippen LogP contribution in [0.2, 0.25) is 10.0 Å². The van der Waals surface area contributed by atoms with Crippen molar-refractivity contribution < 1.29 is 32.0 Å². The minimum absolute atomic E-state index is 0.0418. The molecule has 0 saturated carbocycles. The molecule has 1 atom stereocenters. The summed E-state index contributed by atoms with van der Waals surface area (Å²) in [6, 6.07) is 9.74. The van der Waals surface area contributed by atoms with Gasteiger partial charge in [0.25, 0.3) is 0 Å². The molecule has 0 saturated heterocycles. The Morgan fingerprint density at radius 3 is 2.43 bits per heavy atom. The van der Waals surface area contributed by atoms with Crippen molar-refractivity contribution in [2.24, 2.45) is 0 Å². The molecule has 0 bridgehead atoms. The number of nitrogens with one attached hydrogen (secondary N) is 2. The minimum Gasteiger partial charge on any atom is -0.408 e. The molecule has 3 rings (SSSR count). The van der Waals surface area contributed by atoms with Gasteiger partial charge in [0.15, 0.2) is 5.58 Å². The molecule has 8 nitrogen and oxygen atoms in total. The first-order chi connectivity index (χ1) is 17.4. The van der Waals surface area contributed by atoms with Crippen LogP contribution in [0.15, 0.2) is 51.7 Å². The summed E-state index contributed by atoms with van der Waals surface area (Å²) in [5.41, 5.74) is 0.949. The van der Waals surface area contributed by atoms with Crippen molar-refractivity contribution in [2.75, 3.05) is 16.8 Å². The number of halogens is 5. The van der Waals surface area contributed by atoms with E-state index in [0.717, 1.165) is 16.3 Å². The van der Waals surface area contributed by atoms with Crippen molar-refractivity contribution in [3.05, 3.63) is 63.1 Å². The van der Waals surface area contributed by atoms with Crippen LogP contribution in [0.25, 0.3) is 11.1 Å². The van der Waals surface area contributed by atoms with Crippen molar-refractivity contribution in [1.29, 1.82) is 0 Å². The molecule has 0 spiro atoms. The van der Waals surface area contributed by atoms with Crippen LogP contribution in [0.3, 0.4) is 0 Å². The highest BCUT2D eigenvalue weighted by atomic mass is 35.5. The second-order valence-corrected chi connectivity index (χ2v) is 9.78. The van der Waals surface area contributed by atoms with Gasteiger partial charge in [-0.25, -0.2) is 4.79 Å². The van der Waals surface area contributed by atoms with E-state index >= 15 is 0 Å². The number of benzene rings is 2. The Morgan fingerprint density at radius 2 is 1.76 bits per heavy atom. The number of alkyl halides is 3.